The minimum absolute atomic E-state index is 0.375. The summed E-state index contributed by atoms with van der Waals surface area (Å²) < 4.78 is 0. The number of carbonyl (C=O) groups excluding carboxylic acids is 1. The third-order valence-corrected chi connectivity index (χ3v) is 10.7. The van der Waals surface area contributed by atoms with Gasteiger partial charge in [0.15, 0.2) is 0 Å². The molecule has 0 radical (unpaired) electrons. The number of nitrogens with one attached hydrogen (secondary N) is 1. The molecule has 0 aliphatic carbocycles. The second kappa shape index (κ2) is 38.0. The van der Waals surface area contributed by atoms with Crippen molar-refractivity contribution in [1.82, 2.24) is 5.32 Å². The smallest absolute Gasteiger partial charge is 0.249 e. The molecule has 1 unspecified atom stereocenters. The van der Waals surface area contributed by atoms with Crippen LogP contribution in [0.3, 0.4) is 0 Å². The maximum atomic E-state index is 12.5. The van der Waals surface area contributed by atoms with E-state index in [1.807, 2.05) is 0 Å². The molecule has 0 spiro atoms. The van der Waals surface area contributed by atoms with E-state index in [1.165, 1.54) is 167 Å². The molecule has 0 rings (SSSR count). The summed E-state index contributed by atoms with van der Waals surface area (Å²) in [7, 11) is 0. The molecule has 0 aromatic rings. The van der Waals surface area contributed by atoms with Gasteiger partial charge in [-0.15, -0.1) is 0 Å². The molecule has 0 aromatic heterocycles. The summed E-state index contributed by atoms with van der Waals surface area (Å²) in [6.07, 6.45) is 38.7. The van der Waals surface area contributed by atoms with Crippen molar-refractivity contribution in [1.29, 1.82) is 0 Å². The van der Waals surface area contributed by atoms with Gasteiger partial charge in [0.05, 0.1) is 18.8 Å². The normalized spacial score (nSPS) is 14.2. The summed E-state index contributed by atoms with van der Waals surface area (Å²) in [4.78, 5) is 12.5. The SMILES string of the molecule is CCCCCCCCCCCCCCCCCCCCCCCCCC(O)C(=O)N[C@@H](CO)[C@H](O)[C@H](O)CCCCCCCCCCC(C)C. The number of aliphatic hydroxyl groups excluding tert-OH is 4. The number of amides is 1. The Morgan fingerprint density at radius 1 is 0.460 bits per heavy atom. The predicted octanol–water partition coefficient (Wildman–Crippen LogP) is 11.5. The van der Waals surface area contributed by atoms with Gasteiger partial charge in [-0.3, -0.25) is 4.79 Å². The van der Waals surface area contributed by atoms with Gasteiger partial charge in [0.1, 0.15) is 12.2 Å². The van der Waals surface area contributed by atoms with E-state index in [0.29, 0.717) is 12.8 Å². The fourth-order valence-electron chi connectivity index (χ4n) is 7.18. The molecular formula is C44H89NO5. The second-order valence-electron chi connectivity index (χ2n) is 16.2. The van der Waals surface area contributed by atoms with Gasteiger partial charge in [0, 0.05) is 0 Å². The average molecular weight is 712 g/mol. The van der Waals surface area contributed by atoms with E-state index in [2.05, 4.69) is 26.1 Å². The lowest BCUT2D eigenvalue weighted by atomic mass is 9.99. The van der Waals surface area contributed by atoms with E-state index in [9.17, 15) is 25.2 Å². The molecule has 300 valence electrons. The van der Waals surface area contributed by atoms with Gasteiger partial charge in [-0.25, -0.2) is 0 Å². The standard InChI is InChI=1S/C44H89NO5/c1-4-5-6-7-8-9-10-11-12-13-14-15-16-17-18-19-20-21-22-23-28-31-34-37-42(48)44(50)45-40(38-46)43(49)41(47)36-33-30-27-25-24-26-29-32-35-39(2)3/h39-43,46-49H,4-38H2,1-3H3,(H,45,50)/t40-,41+,42?,43-/m0/s1. The van der Waals surface area contributed by atoms with Crippen molar-refractivity contribution < 1.29 is 25.2 Å². The van der Waals surface area contributed by atoms with E-state index < -0.39 is 36.9 Å². The van der Waals surface area contributed by atoms with E-state index in [1.54, 1.807) is 0 Å². The Bertz CT molecular complexity index is 689. The minimum Gasteiger partial charge on any atom is -0.394 e. The molecule has 50 heavy (non-hydrogen) atoms. The molecule has 0 aliphatic rings. The summed E-state index contributed by atoms with van der Waals surface area (Å²) in [6, 6.07) is -0.979. The Morgan fingerprint density at radius 3 is 1.08 bits per heavy atom. The highest BCUT2D eigenvalue weighted by Crippen LogP contribution is 2.17. The Labute approximate surface area is 311 Å². The molecule has 0 heterocycles. The van der Waals surface area contributed by atoms with Crippen molar-refractivity contribution in [3.63, 3.8) is 0 Å². The summed E-state index contributed by atoms with van der Waals surface area (Å²) in [5.41, 5.74) is 0. The number of hydrogen-bond acceptors (Lipinski definition) is 5. The summed E-state index contributed by atoms with van der Waals surface area (Å²) in [6.45, 7) is 6.36. The summed E-state index contributed by atoms with van der Waals surface area (Å²) >= 11 is 0. The lowest BCUT2D eigenvalue weighted by molar-refractivity contribution is -0.132. The van der Waals surface area contributed by atoms with Crippen LogP contribution in [0.2, 0.25) is 0 Å². The van der Waals surface area contributed by atoms with Crippen molar-refractivity contribution >= 4 is 5.91 Å². The van der Waals surface area contributed by atoms with Crippen LogP contribution in [0.4, 0.5) is 0 Å². The van der Waals surface area contributed by atoms with Crippen LogP contribution < -0.4 is 5.32 Å². The highest BCUT2D eigenvalue weighted by atomic mass is 16.3. The zero-order valence-electron chi connectivity index (χ0n) is 33.8. The maximum absolute atomic E-state index is 12.5. The molecule has 0 bridgehead atoms. The van der Waals surface area contributed by atoms with E-state index in [4.69, 9.17) is 0 Å². The van der Waals surface area contributed by atoms with Crippen LogP contribution in [-0.2, 0) is 4.79 Å². The molecule has 0 fully saturated rings. The molecule has 0 saturated carbocycles. The number of hydrogen-bond donors (Lipinski definition) is 5. The number of aliphatic hydroxyl groups is 4. The van der Waals surface area contributed by atoms with Crippen molar-refractivity contribution in [3.8, 4) is 0 Å². The molecule has 6 nitrogen and oxygen atoms in total. The topological polar surface area (TPSA) is 110 Å². The third kappa shape index (κ3) is 33.2. The third-order valence-electron chi connectivity index (χ3n) is 10.7. The lowest BCUT2D eigenvalue weighted by Crippen LogP contribution is -2.53. The van der Waals surface area contributed by atoms with Gasteiger partial charge in [0.2, 0.25) is 5.91 Å². The molecular weight excluding hydrogens is 622 g/mol. The average Bonchev–Trinajstić information content (AvgIpc) is 3.10. The first kappa shape index (κ1) is 49.3. The molecule has 0 aliphatic heterocycles. The zero-order valence-corrected chi connectivity index (χ0v) is 33.8. The first-order valence-corrected chi connectivity index (χ1v) is 22.3. The molecule has 6 heteroatoms. The molecule has 0 saturated heterocycles. The molecule has 4 atom stereocenters. The van der Waals surface area contributed by atoms with Gasteiger partial charge in [-0.05, 0) is 18.8 Å². The maximum Gasteiger partial charge on any atom is 0.249 e. The fraction of sp³-hybridized carbons (Fsp3) is 0.977. The first-order valence-electron chi connectivity index (χ1n) is 22.3. The Hall–Kier alpha value is -0.690. The Kier molecular flexibility index (Phi) is 37.5. The zero-order chi connectivity index (χ0) is 36.9. The highest BCUT2D eigenvalue weighted by molar-refractivity contribution is 5.80. The fourth-order valence-corrected chi connectivity index (χ4v) is 7.18. The van der Waals surface area contributed by atoms with Crippen LogP contribution in [0, 0.1) is 5.92 Å². The van der Waals surface area contributed by atoms with Crippen molar-refractivity contribution in [2.45, 2.75) is 263 Å². The van der Waals surface area contributed by atoms with Crippen LogP contribution in [0.25, 0.3) is 0 Å². The van der Waals surface area contributed by atoms with E-state index >= 15 is 0 Å². The number of rotatable bonds is 40. The van der Waals surface area contributed by atoms with Gasteiger partial charge in [0.25, 0.3) is 0 Å². The van der Waals surface area contributed by atoms with Crippen molar-refractivity contribution in [2.75, 3.05) is 6.61 Å². The lowest BCUT2D eigenvalue weighted by Gasteiger charge is -2.27. The van der Waals surface area contributed by atoms with Gasteiger partial charge in [-0.2, -0.15) is 0 Å². The van der Waals surface area contributed by atoms with Crippen LogP contribution in [0.5, 0.6) is 0 Å². The van der Waals surface area contributed by atoms with Gasteiger partial charge in [-0.1, -0.05) is 226 Å². The monoisotopic (exact) mass is 712 g/mol. The Balaban J connectivity index is 3.63. The van der Waals surface area contributed by atoms with Crippen LogP contribution in [0.15, 0.2) is 0 Å². The van der Waals surface area contributed by atoms with E-state index in [-0.39, 0.29) is 0 Å². The van der Waals surface area contributed by atoms with E-state index in [0.717, 1.165) is 44.4 Å². The van der Waals surface area contributed by atoms with Crippen molar-refractivity contribution in [3.05, 3.63) is 0 Å². The van der Waals surface area contributed by atoms with Crippen molar-refractivity contribution in [2.24, 2.45) is 5.92 Å². The Morgan fingerprint density at radius 2 is 0.760 bits per heavy atom. The summed E-state index contributed by atoms with van der Waals surface area (Å²) in [5, 5.41) is 43.6. The number of carbonyl (C=O) groups is 1. The van der Waals surface area contributed by atoms with Crippen LogP contribution in [-0.4, -0.2) is 57.3 Å². The van der Waals surface area contributed by atoms with Gasteiger partial charge >= 0.3 is 0 Å². The van der Waals surface area contributed by atoms with Crippen LogP contribution in [0.1, 0.15) is 239 Å². The minimum atomic E-state index is -1.25. The second-order valence-corrected chi connectivity index (χ2v) is 16.2. The molecule has 0 aromatic carbocycles. The number of unbranched alkanes of at least 4 members (excludes halogenated alkanes) is 29. The van der Waals surface area contributed by atoms with Crippen LogP contribution >= 0.6 is 0 Å². The largest absolute Gasteiger partial charge is 0.394 e. The molecule has 5 N–H and O–H groups in total. The molecule has 1 amide bonds. The first-order chi connectivity index (χ1) is 24.3. The predicted molar refractivity (Wildman–Crippen MR) is 215 cm³/mol. The highest BCUT2D eigenvalue weighted by Gasteiger charge is 2.28. The summed E-state index contributed by atoms with van der Waals surface area (Å²) in [5.74, 6) is 0.209. The van der Waals surface area contributed by atoms with Gasteiger partial charge < -0.3 is 25.7 Å². The quantitative estimate of drug-likeness (QED) is 0.0406.